The number of allylic oxidation sites excluding steroid dienone is 2. The number of aliphatic hydroxyl groups is 3. The molecule has 5 nitrogen and oxygen atoms in total. The Balaban J connectivity index is 1.79. The number of unbranched alkanes of at least 4 members (excludes halogenated alkanes) is 12. The van der Waals surface area contributed by atoms with E-state index in [0.717, 1.165) is 12.8 Å². The van der Waals surface area contributed by atoms with Crippen molar-refractivity contribution in [3.05, 3.63) is 12.2 Å². The fourth-order valence-electron chi connectivity index (χ4n) is 3.66. The Morgan fingerprint density at radius 2 is 1.31 bits per heavy atom. The fraction of sp³-hybridized carbons (Fsp3) is 0.917. The van der Waals surface area contributed by atoms with Crippen LogP contribution in [0.3, 0.4) is 0 Å². The molecule has 0 aromatic heterocycles. The van der Waals surface area contributed by atoms with Crippen LogP contribution in [0.1, 0.15) is 96.8 Å². The lowest BCUT2D eigenvalue weighted by Gasteiger charge is -2.35. The number of rotatable bonds is 18. The van der Waals surface area contributed by atoms with Crippen molar-refractivity contribution in [1.82, 2.24) is 0 Å². The largest absolute Gasteiger partial charge is 0.388 e. The minimum atomic E-state index is -1.15. The summed E-state index contributed by atoms with van der Waals surface area (Å²) in [6.45, 7) is 3.21. The van der Waals surface area contributed by atoms with Crippen LogP contribution in [0.5, 0.6) is 0 Å². The molecule has 3 N–H and O–H groups in total. The van der Waals surface area contributed by atoms with Crippen molar-refractivity contribution >= 4 is 0 Å². The van der Waals surface area contributed by atoms with Gasteiger partial charge in [0.1, 0.15) is 24.4 Å². The van der Waals surface area contributed by atoms with Gasteiger partial charge in [-0.15, -0.1) is 0 Å². The van der Waals surface area contributed by atoms with Gasteiger partial charge in [0.25, 0.3) is 0 Å². The monoisotopic (exact) mass is 414 g/mol. The Morgan fingerprint density at radius 3 is 1.93 bits per heavy atom. The van der Waals surface area contributed by atoms with Crippen LogP contribution in [-0.4, -0.2) is 59.6 Å². The first-order valence-corrected chi connectivity index (χ1v) is 12.0. The lowest BCUT2D eigenvalue weighted by molar-refractivity contribution is -0.199. The van der Waals surface area contributed by atoms with E-state index in [9.17, 15) is 15.3 Å². The van der Waals surface area contributed by atoms with Gasteiger partial charge in [-0.05, 0) is 32.1 Å². The van der Waals surface area contributed by atoms with Crippen LogP contribution < -0.4 is 0 Å². The first-order valence-electron chi connectivity index (χ1n) is 12.0. The van der Waals surface area contributed by atoms with Gasteiger partial charge in [0, 0.05) is 6.61 Å². The van der Waals surface area contributed by atoms with Crippen LogP contribution in [0, 0.1) is 0 Å². The SMILES string of the molecule is CCCCCC/C=C/CCCCCCCCCCOC[C@@H]1OC[C@@H](O)[C@H](O)[C@H]1O. The number of hydrogen-bond donors (Lipinski definition) is 3. The summed E-state index contributed by atoms with van der Waals surface area (Å²) in [6.07, 6.45) is 18.9. The quantitative estimate of drug-likeness (QED) is 0.227. The summed E-state index contributed by atoms with van der Waals surface area (Å²) in [5.41, 5.74) is 0. The maximum atomic E-state index is 9.83. The highest BCUT2D eigenvalue weighted by molar-refractivity contribution is 4.86. The summed E-state index contributed by atoms with van der Waals surface area (Å²) < 4.78 is 10.9. The first-order chi connectivity index (χ1) is 14.2. The molecule has 0 radical (unpaired) electrons. The normalized spacial score (nSPS) is 25.1. The zero-order valence-corrected chi connectivity index (χ0v) is 18.6. The van der Waals surface area contributed by atoms with E-state index in [4.69, 9.17) is 9.47 Å². The van der Waals surface area contributed by atoms with Gasteiger partial charge in [-0.3, -0.25) is 0 Å². The average Bonchev–Trinajstić information content (AvgIpc) is 2.72. The Labute approximate surface area is 178 Å². The minimum Gasteiger partial charge on any atom is -0.388 e. The van der Waals surface area contributed by atoms with E-state index in [0.29, 0.717) is 6.61 Å². The molecule has 29 heavy (non-hydrogen) atoms. The van der Waals surface area contributed by atoms with Crippen molar-refractivity contribution in [3.8, 4) is 0 Å². The van der Waals surface area contributed by atoms with E-state index < -0.39 is 24.4 Å². The Bertz CT molecular complexity index is 387. The highest BCUT2D eigenvalue weighted by Crippen LogP contribution is 2.16. The van der Waals surface area contributed by atoms with Crippen LogP contribution in [0.4, 0.5) is 0 Å². The molecule has 1 heterocycles. The predicted octanol–water partition coefficient (Wildman–Crippen LogP) is 4.52. The van der Waals surface area contributed by atoms with E-state index in [1.54, 1.807) is 0 Å². The Kier molecular flexibility index (Phi) is 16.8. The Hall–Kier alpha value is -0.460. The molecular weight excluding hydrogens is 368 g/mol. The van der Waals surface area contributed by atoms with Gasteiger partial charge in [-0.25, -0.2) is 0 Å². The summed E-state index contributed by atoms with van der Waals surface area (Å²) in [5, 5.41) is 28.9. The van der Waals surface area contributed by atoms with E-state index >= 15 is 0 Å². The lowest BCUT2D eigenvalue weighted by atomic mass is 10.0. The summed E-state index contributed by atoms with van der Waals surface area (Å²) in [6, 6.07) is 0. The molecule has 1 aliphatic rings. The smallest absolute Gasteiger partial charge is 0.111 e. The molecule has 0 amide bonds. The lowest BCUT2D eigenvalue weighted by Crippen LogP contribution is -2.54. The first kappa shape index (κ1) is 26.6. The highest BCUT2D eigenvalue weighted by Gasteiger charge is 2.37. The molecule has 1 saturated heterocycles. The molecule has 1 fully saturated rings. The fourth-order valence-corrected chi connectivity index (χ4v) is 3.66. The molecule has 0 aliphatic carbocycles. The molecule has 0 bridgehead atoms. The van der Waals surface area contributed by atoms with E-state index in [2.05, 4.69) is 19.1 Å². The van der Waals surface area contributed by atoms with Crippen molar-refractivity contribution < 1.29 is 24.8 Å². The van der Waals surface area contributed by atoms with Crippen LogP contribution >= 0.6 is 0 Å². The van der Waals surface area contributed by atoms with Crippen molar-refractivity contribution in [2.45, 2.75) is 121 Å². The van der Waals surface area contributed by atoms with E-state index in [1.807, 2.05) is 0 Å². The number of ether oxygens (including phenoxy) is 2. The van der Waals surface area contributed by atoms with Crippen LogP contribution in [0.15, 0.2) is 12.2 Å². The molecule has 0 aromatic carbocycles. The zero-order valence-electron chi connectivity index (χ0n) is 18.6. The third-order valence-electron chi connectivity index (χ3n) is 5.69. The summed E-state index contributed by atoms with van der Waals surface area (Å²) >= 11 is 0. The van der Waals surface area contributed by atoms with Crippen molar-refractivity contribution in [2.24, 2.45) is 0 Å². The molecule has 1 rings (SSSR count). The van der Waals surface area contributed by atoms with Crippen molar-refractivity contribution in [3.63, 3.8) is 0 Å². The molecule has 5 heteroatoms. The predicted molar refractivity (Wildman–Crippen MR) is 118 cm³/mol. The average molecular weight is 415 g/mol. The third kappa shape index (κ3) is 13.5. The zero-order chi connectivity index (χ0) is 21.2. The second-order valence-corrected chi connectivity index (χ2v) is 8.43. The second kappa shape index (κ2) is 18.3. The van der Waals surface area contributed by atoms with Gasteiger partial charge >= 0.3 is 0 Å². The van der Waals surface area contributed by atoms with Gasteiger partial charge in [-0.2, -0.15) is 0 Å². The Morgan fingerprint density at radius 1 is 0.759 bits per heavy atom. The van der Waals surface area contributed by atoms with Gasteiger partial charge in [0.2, 0.25) is 0 Å². The number of hydrogen-bond acceptors (Lipinski definition) is 5. The molecule has 0 spiro atoms. The maximum absolute atomic E-state index is 9.83. The number of aliphatic hydroxyl groups excluding tert-OH is 3. The maximum Gasteiger partial charge on any atom is 0.111 e. The van der Waals surface area contributed by atoms with Gasteiger partial charge < -0.3 is 24.8 Å². The molecule has 0 aromatic rings. The second-order valence-electron chi connectivity index (χ2n) is 8.43. The van der Waals surface area contributed by atoms with Gasteiger partial charge in [0.05, 0.1) is 13.2 Å². The van der Waals surface area contributed by atoms with E-state index in [-0.39, 0.29) is 13.2 Å². The molecule has 0 saturated carbocycles. The standard InChI is InChI=1S/C24H46O5/c1-2-3-4-5-6-7-8-9-10-11-12-13-14-15-16-17-18-28-20-22-24(27)23(26)21(25)19-29-22/h7-8,21-27H,2-6,9-20H2,1H3/b8-7+/t21-,22+,23+,24+/m1/s1. The third-order valence-corrected chi connectivity index (χ3v) is 5.69. The summed E-state index contributed by atoms with van der Waals surface area (Å²) in [5.74, 6) is 0. The highest BCUT2D eigenvalue weighted by atomic mass is 16.6. The van der Waals surface area contributed by atoms with Crippen LogP contribution in [0.25, 0.3) is 0 Å². The van der Waals surface area contributed by atoms with Crippen molar-refractivity contribution in [2.75, 3.05) is 19.8 Å². The van der Waals surface area contributed by atoms with Crippen LogP contribution in [0.2, 0.25) is 0 Å². The topological polar surface area (TPSA) is 79.2 Å². The van der Waals surface area contributed by atoms with Gasteiger partial charge in [0.15, 0.2) is 0 Å². The molecular formula is C24H46O5. The molecule has 0 unspecified atom stereocenters. The van der Waals surface area contributed by atoms with Crippen molar-refractivity contribution in [1.29, 1.82) is 0 Å². The van der Waals surface area contributed by atoms with Gasteiger partial charge in [-0.1, -0.05) is 76.9 Å². The molecule has 1 aliphatic heterocycles. The van der Waals surface area contributed by atoms with Crippen LogP contribution in [-0.2, 0) is 9.47 Å². The molecule has 172 valence electrons. The summed E-state index contributed by atoms with van der Waals surface area (Å²) in [4.78, 5) is 0. The molecule has 4 atom stereocenters. The minimum absolute atomic E-state index is 0.0432. The van der Waals surface area contributed by atoms with E-state index in [1.165, 1.54) is 77.0 Å². The summed E-state index contributed by atoms with van der Waals surface area (Å²) in [7, 11) is 0.